The molecular weight excluding hydrogens is 455 g/mol. The Hall–Kier alpha value is -0.340. The predicted octanol–water partition coefficient (Wildman–Crippen LogP) is 4.32. The van der Waals surface area contributed by atoms with E-state index in [0.717, 1.165) is 30.9 Å². The SMILES string of the molecule is CN=C(NCC1CCCN(Cc2cccs2)C1)NC1CCC(C)CC1.I. The zero-order valence-electron chi connectivity index (χ0n) is 16.2. The summed E-state index contributed by atoms with van der Waals surface area (Å²) in [6, 6.07) is 5.01. The van der Waals surface area contributed by atoms with Crippen LogP contribution in [-0.2, 0) is 6.54 Å². The van der Waals surface area contributed by atoms with E-state index in [1.54, 1.807) is 0 Å². The summed E-state index contributed by atoms with van der Waals surface area (Å²) in [5.41, 5.74) is 0. The molecule has 3 rings (SSSR count). The maximum atomic E-state index is 4.45. The van der Waals surface area contributed by atoms with Crippen molar-refractivity contribution in [2.75, 3.05) is 26.7 Å². The number of aliphatic imine (C=N–C) groups is 1. The minimum Gasteiger partial charge on any atom is -0.356 e. The van der Waals surface area contributed by atoms with E-state index in [4.69, 9.17) is 0 Å². The van der Waals surface area contributed by atoms with Crippen molar-refractivity contribution in [3.05, 3.63) is 22.4 Å². The van der Waals surface area contributed by atoms with Crippen LogP contribution < -0.4 is 10.6 Å². The Morgan fingerprint density at radius 2 is 2.08 bits per heavy atom. The van der Waals surface area contributed by atoms with Crippen LogP contribution in [0.4, 0.5) is 0 Å². The van der Waals surface area contributed by atoms with Crippen molar-refractivity contribution in [1.82, 2.24) is 15.5 Å². The molecule has 1 aliphatic carbocycles. The normalized spacial score (nSPS) is 27.6. The summed E-state index contributed by atoms with van der Waals surface area (Å²) in [5.74, 6) is 2.61. The van der Waals surface area contributed by atoms with Crippen LogP contribution in [0.25, 0.3) is 0 Å². The van der Waals surface area contributed by atoms with E-state index in [1.165, 1.54) is 56.5 Å². The number of thiophene rings is 1. The van der Waals surface area contributed by atoms with Gasteiger partial charge in [0.15, 0.2) is 5.96 Å². The molecule has 1 aromatic heterocycles. The molecule has 1 atom stereocenters. The molecule has 0 amide bonds. The summed E-state index contributed by atoms with van der Waals surface area (Å²) in [5, 5.41) is 9.41. The molecule has 2 aliphatic rings. The summed E-state index contributed by atoms with van der Waals surface area (Å²) in [6.07, 6.45) is 7.87. The Kier molecular flexibility index (Phi) is 9.70. The molecule has 1 saturated heterocycles. The maximum Gasteiger partial charge on any atom is 0.191 e. The van der Waals surface area contributed by atoms with Crippen molar-refractivity contribution < 1.29 is 0 Å². The lowest BCUT2D eigenvalue weighted by Crippen LogP contribution is -2.47. The third-order valence-corrected chi connectivity index (χ3v) is 6.56. The van der Waals surface area contributed by atoms with Crippen molar-refractivity contribution in [2.24, 2.45) is 16.8 Å². The lowest BCUT2D eigenvalue weighted by molar-refractivity contribution is 0.169. The molecule has 0 aromatic carbocycles. The number of rotatable bonds is 5. The van der Waals surface area contributed by atoms with Crippen LogP contribution in [0.1, 0.15) is 50.3 Å². The largest absolute Gasteiger partial charge is 0.356 e. The van der Waals surface area contributed by atoms with Gasteiger partial charge < -0.3 is 10.6 Å². The van der Waals surface area contributed by atoms with Crippen molar-refractivity contribution >= 4 is 41.3 Å². The summed E-state index contributed by atoms with van der Waals surface area (Å²) < 4.78 is 0. The molecule has 1 aliphatic heterocycles. The number of piperidine rings is 1. The summed E-state index contributed by atoms with van der Waals surface area (Å²) in [7, 11) is 1.89. The quantitative estimate of drug-likeness (QED) is 0.367. The minimum atomic E-state index is 0. The maximum absolute atomic E-state index is 4.45. The van der Waals surface area contributed by atoms with Crippen LogP contribution in [0.2, 0.25) is 0 Å². The molecule has 148 valence electrons. The molecule has 0 spiro atoms. The molecule has 4 nitrogen and oxygen atoms in total. The van der Waals surface area contributed by atoms with Crippen molar-refractivity contribution in [3.8, 4) is 0 Å². The number of guanidine groups is 1. The monoisotopic (exact) mass is 490 g/mol. The highest BCUT2D eigenvalue weighted by molar-refractivity contribution is 14.0. The van der Waals surface area contributed by atoms with E-state index >= 15 is 0 Å². The third-order valence-electron chi connectivity index (χ3n) is 5.70. The second-order valence-electron chi connectivity index (χ2n) is 7.88. The molecule has 6 heteroatoms. The van der Waals surface area contributed by atoms with Crippen LogP contribution >= 0.6 is 35.3 Å². The van der Waals surface area contributed by atoms with E-state index < -0.39 is 0 Å². The first kappa shape index (κ1) is 22.0. The number of nitrogens with one attached hydrogen (secondary N) is 2. The number of likely N-dealkylation sites (tertiary alicyclic amines) is 1. The highest BCUT2D eigenvalue weighted by atomic mass is 127. The topological polar surface area (TPSA) is 39.7 Å². The number of hydrogen-bond donors (Lipinski definition) is 2. The predicted molar refractivity (Wildman–Crippen MR) is 124 cm³/mol. The average molecular weight is 490 g/mol. The fourth-order valence-electron chi connectivity index (χ4n) is 4.12. The van der Waals surface area contributed by atoms with Crippen molar-refractivity contribution in [3.63, 3.8) is 0 Å². The second-order valence-corrected chi connectivity index (χ2v) is 8.91. The van der Waals surface area contributed by atoms with Crippen LogP contribution in [0.15, 0.2) is 22.5 Å². The van der Waals surface area contributed by atoms with Crippen LogP contribution in [-0.4, -0.2) is 43.6 Å². The summed E-state index contributed by atoms with van der Waals surface area (Å²) >= 11 is 1.87. The summed E-state index contributed by atoms with van der Waals surface area (Å²) in [6.45, 7) is 6.95. The standard InChI is InChI=1S/C20H34N4S.HI/c1-16-7-9-18(10-8-16)23-20(21-2)22-13-17-5-3-11-24(14-17)15-19-6-4-12-25-19;/h4,6,12,16-18H,3,5,7-11,13-15H2,1-2H3,(H2,21,22,23);1H. The second kappa shape index (κ2) is 11.5. The first-order valence-corrected chi connectivity index (χ1v) is 10.8. The minimum absolute atomic E-state index is 0. The Morgan fingerprint density at radius 3 is 2.77 bits per heavy atom. The Bertz CT molecular complexity index is 526. The van der Waals surface area contributed by atoms with Crippen molar-refractivity contribution in [1.29, 1.82) is 0 Å². The van der Waals surface area contributed by atoms with Gasteiger partial charge in [-0.3, -0.25) is 9.89 Å². The molecule has 0 bridgehead atoms. The fraction of sp³-hybridized carbons (Fsp3) is 0.750. The number of halogens is 1. The van der Waals surface area contributed by atoms with Gasteiger partial charge in [0.2, 0.25) is 0 Å². The average Bonchev–Trinajstić information content (AvgIpc) is 3.13. The van der Waals surface area contributed by atoms with Gasteiger partial charge in [0.25, 0.3) is 0 Å². The molecule has 1 aromatic rings. The van der Waals surface area contributed by atoms with Gasteiger partial charge in [-0.1, -0.05) is 13.0 Å². The molecule has 2 heterocycles. The fourth-order valence-corrected chi connectivity index (χ4v) is 4.86. The van der Waals surface area contributed by atoms with Gasteiger partial charge >= 0.3 is 0 Å². The Balaban J connectivity index is 0.00000243. The Labute approximate surface area is 180 Å². The van der Waals surface area contributed by atoms with Gasteiger partial charge in [0.05, 0.1) is 0 Å². The molecule has 26 heavy (non-hydrogen) atoms. The Morgan fingerprint density at radius 1 is 1.27 bits per heavy atom. The molecule has 2 N–H and O–H groups in total. The third kappa shape index (κ3) is 7.00. The lowest BCUT2D eigenvalue weighted by Gasteiger charge is -2.33. The van der Waals surface area contributed by atoms with Gasteiger partial charge in [0, 0.05) is 37.6 Å². The lowest BCUT2D eigenvalue weighted by atomic mass is 9.87. The van der Waals surface area contributed by atoms with E-state index in [9.17, 15) is 0 Å². The van der Waals surface area contributed by atoms with Gasteiger partial charge in [-0.2, -0.15) is 0 Å². The van der Waals surface area contributed by atoms with Crippen LogP contribution in [0, 0.1) is 11.8 Å². The first-order valence-electron chi connectivity index (χ1n) is 9.95. The molecule has 1 saturated carbocycles. The van der Waals surface area contributed by atoms with Gasteiger partial charge in [-0.05, 0) is 68.4 Å². The van der Waals surface area contributed by atoms with Gasteiger partial charge in [-0.25, -0.2) is 0 Å². The highest BCUT2D eigenvalue weighted by Gasteiger charge is 2.22. The van der Waals surface area contributed by atoms with Gasteiger partial charge in [-0.15, -0.1) is 35.3 Å². The molecule has 2 fully saturated rings. The smallest absolute Gasteiger partial charge is 0.191 e. The highest BCUT2D eigenvalue weighted by Crippen LogP contribution is 2.23. The van der Waals surface area contributed by atoms with E-state index in [0.29, 0.717) is 6.04 Å². The summed E-state index contributed by atoms with van der Waals surface area (Å²) in [4.78, 5) is 8.54. The molecule has 1 unspecified atom stereocenters. The molecular formula is C20H35IN4S. The first-order chi connectivity index (χ1) is 12.2. The zero-order valence-corrected chi connectivity index (χ0v) is 19.4. The number of nitrogens with zero attached hydrogens (tertiary/aromatic N) is 2. The van der Waals surface area contributed by atoms with Crippen LogP contribution in [0.3, 0.4) is 0 Å². The van der Waals surface area contributed by atoms with E-state index in [2.05, 4.69) is 45.0 Å². The molecule has 0 radical (unpaired) electrons. The van der Waals surface area contributed by atoms with Crippen molar-refractivity contribution in [2.45, 2.75) is 58.0 Å². The van der Waals surface area contributed by atoms with E-state index in [-0.39, 0.29) is 24.0 Å². The number of hydrogen-bond acceptors (Lipinski definition) is 3. The zero-order chi connectivity index (χ0) is 17.5. The van der Waals surface area contributed by atoms with E-state index in [1.807, 2.05) is 18.4 Å². The van der Waals surface area contributed by atoms with Gasteiger partial charge in [0.1, 0.15) is 0 Å². The van der Waals surface area contributed by atoms with Crippen LogP contribution in [0.5, 0.6) is 0 Å².